The minimum absolute atomic E-state index is 0.00241. The van der Waals surface area contributed by atoms with E-state index in [1.54, 1.807) is 6.07 Å². The lowest BCUT2D eigenvalue weighted by atomic mass is 10.2. The number of benzene rings is 1. The Labute approximate surface area is 102 Å². The predicted octanol–water partition coefficient (Wildman–Crippen LogP) is 2.88. The molecule has 0 unspecified atom stereocenters. The second kappa shape index (κ2) is 4.76. The van der Waals surface area contributed by atoms with Crippen LogP contribution in [0.4, 0.5) is 15.9 Å². The average Bonchev–Trinajstić information content (AvgIpc) is 2.35. The summed E-state index contributed by atoms with van der Waals surface area (Å²) in [5, 5.41) is 18.9. The third-order valence-corrected chi connectivity index (χ3v) is 2.34. The molecule has 1 heterocycles. The van der Waals surface area contributed by atoms with Gasteiger partial charge in [-0.3, -0.25) is 0 Å². The first-order chi connectivity index (χ1) is 8.22. The molecule has 0 radical (unpaired) electrons. The number of hydrogen-bond donors (Lipinski definition) is 1. The molecular formula is C11H6ClFN4. The Morgan fingerprint density at radius 2 is 2.18 bits per heavy atom. The number of nitrogens with one attached hydrogen (secondary N) is 1. The SMILES string of the molecule is N#Cc1ccnnc1Nc1cccc(Cl)c1F. The van der Waals surface area contributed by atoms with Crippen molar-refractivity contribution >= 4 is 23.1 Å². The topological polar surface area (TPSA) is 61.6 Å². The number of nitriles is 1. The summed E-state index contributed by atoms with van der Waals surface area (Å²) in [5.74, 6) is -0.403. The zero-order valence-corrected chi connectivity index (χ0v) is 9.24. The van der Waals surface area contributed by atoms with E-state index in [0.29, 0.717) is 0 Å². The third-order valence-electron chi connectivity index (χ3n) is 2.05. The summed E-state index contributed by atoms with van der Waals surface area (Å²) in [7, 11) is 0. The summed E-state index contributed by atoms with van der Waals surface area (Å²) in [6, 6.07) is 7.94. The predicted molar refractivity (Wildman–Crippen MR) is 61.4 cm³/mol. The maximum atomic E-state index is 13.6. The monoisotopic (exact) mass is 248 g/mol. The molecule has 0 aliphatic carbocycles. The van der Waals surface area contributed by atoms with Crippen molar-refractivity contribution in [3.8, 4) is 6.07 Å². The second-order valence-electron chi connectivity index (χ2n) is 3.13. The third kappa shape index (κ3) is 2.32. The molecule has 1 aromatic carbocycles. The molecule has 17 heavy (non-hydrogen) atoms. The van der Waals surface area contributed by atoms with Gasteiger partial charge in [-0.1, -0.05) is 17.7 Å². The van der Waals surface area contributed by atoms with Crippen molar-refractivity contribution in [3.05, 3.63) is 46.9 Å². The van der Waals surface area contributed by atoms with Gasteiger partial charge in [-0.2, -0.15) is 10.4 Å². The van der Waals surface area contributed by atoms with Crippen LogP contribution in [0.3, 0.4) is 0 Å². The van der Waals surface area contributed by atoms with Gasteiger partial charge in [-0.05, 0) is 18.2 Å². The van der Waals surface area contributed by atoms with Gasteiger partial charge in [0, 0.05) is 0 Å². The molecule has 2 aromatic rings. The number of anilines is 2. The summed E-state index contributed by atoms with van der Waals surface area (Å²) in [4.78, 5) is 0. The molecule has 1 aromatic heterocycles. The van der Waals surface area contributed by atoms with Crippen LogP contribution in [-0.2, 0) is 0 Å². The maximum Gasteiger partial charge on any atom is 0.171 e. The Morgan fingerprint density at radius 3 is 2.94 bits per heavy atom. The van der Waals surface area contributed by atoms with Crippen LogP contribution in [0.1, 0.15) is 5.56 Å². The Morgan fingerprint density at radius 1 is 1.35 bits per heavy atom. The van der Waals surface area contributed by atoms with E-state index in [1.807, 2.05) is 6.07 Å². The van der Waals surface area contributed by atoms with Crippen molar-refractivity contribution in [2.75, 3.05) is 5.32 Å². The molecule has 4 nitrogen and oxygen atoms in total. The van der Waals surface area contributed by atoms with Gasteiger partial charge in [0.1, 0.15) is 6.07 Å². The number of aromatic nitrogens is 2. The van der Waals surface area contributed by atoms with Crippen molar-refractivity contribution in [2.24, 2.45) is 0 Å². The van der Waals surface area contributed by atoms with Gasteiger partial charge >= 0.3 is 0 Å². The molecule has 6 heteroatoms. The van der Waals surface area contributed by atoms with E-state index in [0.717, 1.165) is 0 Å². The Bertz CT molecular complexity index is 594. The van der Waals surface area contributed by atoms with E-state index in [4.69, 9.17) is 16.9 Å². The summed E-state index contributed by atoms with van der Waals surface area (Å²) in [5.41, 5.74) is 0.425. The molecule has 0 amide bonds. The normalized spacial score (nSPS) is 9.71. The molecule has 0 saturated heterocycles. The van der Waals surface area contributed by atoms with Crippen molar-refractivity contribution in [3.63, 3.8) is 0 Å². The van der Waals surface area contributed by atoms with Crippen LogP contribution in [0.15, 0.2) is 30.5 Å². The zero-order chi connectivity index (χ0) is 12.3. The lowest BCUT2D eigenvalue weighted by Gasteiger charge is -2.07. The highest BCUT2D eigenvalue weighted by Gasteiger charge is 2.09. The first kappa shape index (κ1) is 11.3. The van der Waals surface area contributed by atoms with Crippen LogP contribution in [0.25, 0.3) is 0 Å². The summed E-state index contributed by atoms with van der Waals surface area (Å²) >= 11 is 5.64. The minimum atomic E-state index is -0.594. The van der Waals surface area contributed by atoms with Crippen LogP contribution in [0, 0.1) is 17.1 Å². The van der Waals surface area contributed by atoms with Gasteiger partial charge in [0.25, 0.3) is 0 Å². The Kier molecular flexibility index (Phi) is 3.17. The Balaban J connectivity index is 2.39. The average molecular weight is 249 g/mol. The van der Waals surface area contributed by atoms with Crippen molar-refractivity contribution < 1.29 is 4.39 Å². The van der Waals surface area contributed by atoms with E-state index in [2.05, 4.69) is 15.5 Å². The molecule has 0 atom stereocenters. The van der Waals surface area contributed by atoms with Gasteiger partial charge in [0.15, 0.2) is 11.6 Å². The van der Waals surface area contributed by atoms with E-state index < -0.39 is 5.82 Å². The fourth-order valence-corrected chi connectivity index (χ4v) is 1.42. The van der Waals surface area contributed by atoms with E-state index in [9.17, 15) is 4.39 Å². The number of rotatable bonds is 2. The fourth-order valence-electron chi connectivity index (χ4n) is 1.24. The highest BCUT2D eigenvalue weighted by atomic mass is 35.5. The number of halogens is 2. The lowest BCUT2D eigenvalue weighted by Crippen LogP contribution is -2.00. The van der Waals surface area contributed by atoms with Crippen LogP contribution >= 0.6 is 11.6 Å². The highest BCUT2D eigenvalue weighted by molar-refractivity contribution is 6.31. The fraction of sp³-hybridized carbons (Fsp3) is 0. The quantitative estimate of drug-likeness (QED) is 0.888. The van der Waals surface area contributed by atoms with E-state index >= 15 is 0 Å². The molecule has 0 aliphatic rings. The molecule has 0 saturated carbocycles. The first-order valence-corrected chi connectivity index (χ1v) is 5.03. The smallest absolute Gasteiger partial charge is 0.171 e. The first-order valence-electron chi connectivity index (χ1n) is 4.65. The summed E-state index contributed by atoms with van der Waals surface area (Å²) in [6.45, 7) is 0. The van der Waals surface area contributed by atoms with Gasteiger partial charge in [0.05, 0.1) is 22.5 Å². The van der Waals surface area contributed by atoms with Gasteiger partial charge < -0.3 is 5.32 Å². The molecule has 1 N–H and O–H groups in total. The van der Waals surface area contributed by atoms with Crippen molar-refractivity contribution in [1.29, 1.82) is 5.26 Å². The standard InChI is InChI=1S/C11H6ClFN4/c12-8-2-1-3-9(10(8)13)16-11-7(6-14)4-5-15-17-11/h1-5H,(H,16,17). The van der Waals surface area contributed by atoms with Crippen molar-refractivity contribution in [2.45, 2.75) is 0 Å². The van der Waals surface area contributed by atoms with Crippen molar-refractivity contribution in [1.82, 2.24) is 10.2 Å². The van der Waals surface area contributed by atoms with E-state index in [1.165, 1.54) is 24.4 Å². The molecule has 84 valence electrons. The van der Waals surface area contributed by atoms with Crippen LogP contribution < -0.4 is 5.32 Å². The van der Waals surface area contributed by atoms with Gasteiger partial charge in [0.2, 0.25) is 0 Å². The van der Waals surface area contributed by atoms with E-state index in [-0.39, 0.29) is 22.1 Å². The summed E-state index contributed by atoms with van der Waals surface area (Å²) < 4.78 is 13.6. The molecule has 2 rings (SSSR count). The second-order valence-corrected chi connectivity index (χ2v) is 3.54. The maximum absolute atomic E-state index is 13.6. The summed E-state index contributed by atoms with van der Waals surface area (Å²) in [6.07, 6.45) is 1.39. The molecular weight excluding hydrogens is 243 g/mol. The largest absolute Gasteiger partial charge is 0.335 e. The van der Waals surface area contributed by atoms with Crippen LogP contribution in [0.2, 0.25) is 5.02 Å². The van der Waals surface area contributed by atoms with Crippen LogP contribution in [0.5, 0.6) is 0 Å². The molecule has 0 fully saturated rings. The molecule has 0 bridgehead atoms. The zero-order valence-electron chi connectivity index (χ0n) is 8.48. The van der Waals surface area contributed by atoms with Gasteiger partial charge in [-0.25, -0.2) is 4.39 Å². The Hall–Kier alpha value is -2.19. The lowest BCUT2D eigenvalue weighted by molar-refractivity contribution is 0.632. The number of nitrogens with zero attached hydrogens (tertiary/aromatic N) is 3. The highest BCUT2D eigenvalue weighted by Crippen LogP contribution is 2.25. The van der Waals surface area contributed by atoms with Crippen LogP contribution in [-0.4, -0.2) is 10.2 Å². The minimum Gasteiger partial charge on any atom is -0.335 e. The van der Waals surface area contributed by atoms with Gasteiger partial charge in [-0.15, -0.1) is 5.10 Å². The number of hydrogen-bond acceptors (Lipinski definition) is 4. The molecule has 0 aliphatic heterocycles. The molecule has 0 spiro atoms.